The SMILES string of the molecule is C[C@@H]1CCCC/C1=N/Nc1ccc(C(=O)Nc2ccccc2)cc1[N+](=O)[O-]. The van der Waals surface area contributed by atoms with Gasteiger partial charge in [-0.25, -0.2) is 0 Å². The molecular weight excluding hydrogens is 344 g/mol. The molecule has 1 fully saturated rings. The van der Waals surface area contributed by atoms with Crippen LogP contribution in [0.1, 0.15) is 43.0 Å². The van der Waals surface area contributed by atoms with Crippen molar-refractivity contribution in [1.82, 2.24) is 0 Å². The van der Waals surface area contributed by atoms with Crippen LogP contribution in [0, 0.1) is 16.0 Å². The van der Waals surface area contributed by atoms with Gasteiger partial charge in [0.25, 0.3) is 11.6 Å². The summed E-state index contributed by atoms with van der Waals surface area (Å²) in [5, 5.41) is 18.6. The molecule has 2 aromatic rings. The summed E-state index contributed by atoms with van der Waals surface area (Å²) in [5.41, 5.74) is 4.80. The molecule has 27 heavy (non-hydrogen) atoms. The highest BCUT2D eigenvalue weighted by atomic mass is 16.6. The first-order valence-electron chi connectivity index (χ1n) is 9.02. The van der Waals surface area contributed by atoms with Gasteiger partial charge in [0.2, 0.25) is 0 Å². The first-order chi connectivity index (χ1) is 13.0. The second-order valence-electron chi connectivity index (χ2n) is 6.67. The molecule has 1 aliphatic rings. The van der Waals surface area contributed by atoms with Crippen molar-refractivity contribution in [3.05, 3.63) is 64.2 Å². The monoisotopic (exact) mass is 366 g/mol. The third kappa shape index (κ3) is 4.69. The third-order valence-electron chi connectivity index (χ3n) is 4.70. The molecule has 2 aromatic carbocycles. The van der Waals surface area contributed by atoms with Gasteiger partial charge >= 0.3 is 0 Å². The number of amides is 1. The lowest BCUT2D eigenvalue weighted by molar-refractivity contribution is -0.384. The fourth-order valence-corrected chi connectivity index (χ4v) is 3.11. The maximum atomic E-state index is 12.4. The number of nitrogens with zero attached hydrogens (tertiary/aromatic N) is 2. The Hall–Kier alpha value is -3.22. The summed E-state index contributed by atoms with van der Waals surface area (Å²) in [6, 6.07) is 13.3. The molecule has 1 atom stereocenters. The maximum absolute atomic E-state index is 12.4. The van der Waals surface area contributed by atoms with E-state index < -0.39 is 10.8 Å². The molecule has 2 N–H and O–H groups in total. The molecule has 0 aromatic heterocycles. The highest BCUT2D eigenvalue weighted by molar-refractivity contribution is 6.05. The minimum absolute atomic E-state index is 0.177. The van der Waals surface area contributed by atoms with Crippen LogP contribution in [0.5, 0.6) is 0 Å². The van der Waals surface area contributed by atoms with Crippen LogP contribution in [0.2, 0.25) is 0 Å². The molecule has 1 amide bonds. The van der Waals surface area contributed by atoms with Crippen LogP contribution in [0.4, 0.5) is 17.1 Å². The highest BCUT2D eigenvalue weighted by Crippen LogP contribution is 2.27. The average molecular weight is 366 g/mol. The molecule has 7 nitrogen and oxygen atoms in total. The van der Waals surface area contributed by atoms with Crippen LogP contribution in [-0.4, -0.2) is 16.5 Å². The van der Waals surface area contributed by atoms with Crippen molar-refractivity contribution in [2.75, 3.05) is 10.7 Å². The third-order valence-corrected chi connectivity index (χ3v) is 4.70. The Bertz CT molecular complexity index is 865. The quantitative estimate of drug-likeness (QED) is 0.585. The normalized spacial score (nSPS) is 18.1. The number of para-hydroxylation sites is 1. The standard InChI is InChI=1S/C20H22N4O3/c1-14-7-5-6-10-17(14)22-23-18-12-11-15(13-19(18)24(26)27)20(25)21-16-8-3-2-4-9-16/h2-4,8-9,11-14,23H,5-7,10H2,1H3,(H,21,25)/b22-17-/t14-/m1/s1. The van der Waals surface area contributed by atoms with Crippen molar-refractivity contribution in [2.24, 2.45) is 11.0 Å². The second kappa shape index (κ2) is 8.44. The van der Waals surface area contributed by atoms with E-state index in [4.69, 9.17) is 0 Å². The van der Waals surface area contributed by atoms with Crippen molar-refractivity contribution in [2.45, 2.75) is 32.6 Å². The first-order valence-corrected chi connectivity index (χ1v) is 9.02. The molecule has 0 bridgehead atoms. The molecule has 0 heterocycles. The van der Waals surface area contributed by atoms with E-state index in [0.29, 0.717) is 11.6 Å². The van der Waals surface area contributed by atoms with Gasteiger partial charge in [0, 0.05) is 23.0 Å². The van der Waals surface area contributed by atoms with Crippen LogP contribution in [-0.2, 0) is 0 Å². The van der Waals surface area contributed by atoms with Gasteiger partial charge < -0.3 is 5.32 Å². The van der Waals surface area contributed by atoms with E-state index in [1.807, 2.05) is 6.07 Å². The van der Waals surface area contributed by atoms with Gasteiger partial charge in [0.05, 0.1) is 4.92 Å². The summed E-state index contributed by atoms with van der Waals surface area (Å²) in [6.07, 6.45) is 4.26. The van der Waals surface area contributed by atoms with Crippen molar-refractivity contribution < 1.29 is 9.72 Å². The number of nitro benzene ring substituents is 1. The van der Waals surface area contributed by atoms with E-state index in [0.717, 1.165) is 25.0 Å². The summed E-state index contributed by atoms with van der Waals surface area (Å²) in [4.78, 5) is 23.3. The molecule has 1 saturated carbocycles. The van der Waals surface area contributed by atoms with Crippen molar-refractivity contribution >= 4 is 28.7 Å². The van der Waals surface area contributed by atoms with Crippen molar-refractivity contribution in [3.8, 4) is 0 Å². The number of carbonyl (C=O) groups excluding carboxylic acids is 1. The Kier molecular flexibility index (Phi) is 5.80. The van der Waals surface area contributed by atoms with E-state index in [2.05, 4.69) is 22.8 Å². The Morgan fingerprint density at radius 2 is 1.96 bits per heavy atom. The zero-order valence-corrected chi connectivity index (χ0v) is 15.1. The van der Waals surface area contributed by atoms with Gasteiger partial charge in [-0.1, -0.05) is 31.5 Å². The fraction of sp³-hybridized carbons (Fsp3) is 0.300. The Labute approximate surface area is 157 Å². The van der Waals surface area contributed by atoms with E-state index in [1.165, 1.54) is 18.6 Å². The molecular formula is C20H22N4O3. The number of benzene rings is 2. The van der Waals surface area contributed by atoms with Gasteiger partial charge in [-0.2, -0.15) is 5.10 Å². The smallest absolute Gasteiger partial charge is 0.294 e. The Balaban J connectivity index is 1.79. The maximum Gasteiger partial charge on any atom is 0.294 e. The van der Waals surface area contributed by atoms with Crippen LogP contribution in [0.25, 0.3) is 0 Å². The predicted molar refractivity (Wildman–Crippen MR) is 106 cm³/mol. The molecule has 3 rings (SSSR count). The Morgan fingerprint density at radius 1 is 1.19 bits per heavy atom. The zero-order valence-electron chi connectivity index (χ0n) is 15.1. The summed E-state index contributed by atoms with van der Waals surface area (Å²) in [6.45, 7) is 2.12. The van der Waals surface area contributed by atoms with Gasteiger partial charge in [0.15, 0.2) is 0 Å². The highest BCUT2D eigenvalue weighted by Gasteiger charge is 2.19. The van der Waals surface area contributed by atoms with Crippen molar-refractivity contribution in [1.29, 1.82) is 0 Å². The summed E-state index contributed by atoms with van der Waals surface area (Å²) < 4.78 is 0. The van der Waals surface area contributed by atoms with E-state index >= 15 is 0 Å². The molecule has 0 saturated heterocycles. The minimum Gasteiger partial charge on any atom is -0.322 e. The van der Waals surface area contributed by atoms with E-state index in [1.54, 1.807) is 30.3 Å². The number of nitrogens with one attached hydrogen (secondary N) is 2. The van der Waals surface area contributed by atoms with Gasteiger partial charge in [-0.3, -0.25) is 20.3 Å². The molecule has 7 heteroatoms. The van der Waals surface area contributed by atoms with Crippen molar-refractivity contribution in [3.63, 3.8) is 0 Å². The second-order valence-corrected chi connectivity index (χ2v) is 6.67. The number of carbonyl (C=O) groups is 1. The van der Waals surface area contributed by atoms with Crippen LogP contribution in [0.3, 0.4) is 0 Å². The lowest BCUT2D eigenvalue weighted by atomic mass is 9.89. The average Bonchev–Trinajstić information content (AvgIpc) is 2.68. The summed E-state index contributed by atoms with van der Waals surface area (Å²) in [5.74, 6) is -0.0238. The Morgan fingerprint density at radius 3 is 2.67 bits per heavy atom. The number of hydrogen-bond donors (Lipinski definition) is 2. The van der Waals surface area contributed by atoms with Gasteiger partial charge in [0.1, 0.15) is 5.69 Å². The summed E-state index contributed by atoms with van der Waals surface area (Å²) in [7, 11) is 0. The largest absolute Gasteiger partial charge is 0.322 e. The zero-order chi connectivity index (χ0) is 19.2. The molecule has 140 valence electrons. The number of rotatable bonds is 5. The molecule has 0 spiro atoms. The van der Waals surface area contributed by atoms with E-state index in [-0.39, 0.29) is 16.9 Å². The molecule has 1 aliphatic carbocycles. The number of anilines is 2. The molecule has 0 radical (unpaired) electrons. The van der Waals surface area contributed by atoms with E-state index in [9.17, 15) is 14.9 Å². The summed E-state index contributed by atoms with van der Waals surface area (Å²) >= 11 is 0. The lowest BCUT2D eigenvalue weighted by Gasteiger charge is -2.20. The number of hydrazone groups is 1. The first kappa shape index (κ1) is 18.6. The predicted octanol–water partition coefficient (Wildman–Crippen LogP) is 4.83. The fourth-order valence-electron chi connectivity index (χ4n) is 3.11. The van der Waals surface area contributed by atoms with Crippen LogP contribution in [0.15, 0.2) is 53.6 Å². The van der Waals surface area contributed by atoms with Gasteiger partial charge in [-0.15, -0.1) is 0 Å². The molecule has 0 aliphatic heterocycles. The topological polar surface area (TPSA) is 96.6 Å². The molecule has 0 unspecified atom stereocenters. The minimum atomic E-state index is -0.508. The van der Waals surface area contributed by atoms with Gasteiger partial charge in [-0.05, 0) is 49.4 Å². The number of nitro groups is 1. The number of hydrogen-bond acceptors (Lipinski definition) is 5. The van der Waals surface area contributed by atoms with Crippen LogP contribution >= 0.6 is 0 Å². The lowest BCUT2D eigenvalue weighted by Crippen LogP contribution is -2.17. The van der Waals surface area contributed by atoms with Crippen LogP contribution < -0.4 is 10.7 Å².